The lowest BCUT2D eigenvalue weighted by molar-refractivity contribution is -0.141. The number of urea groups is 1. The molecule has 0 bridgehead atoms. The van der Waals surface area contributed by atoms with Crippen LogP contribution in [0.5, 0.6) is 0 Å². The van der Waals surface area contributed by atoms with E-state index in [1.165, 1.54) is 13.8 Å². The highest BCUT2D eigenvalue weighted by Crippen LogP contribution is 2.07. The van der Waals surface area contributed by atoms with Crippen LogP contribution in [0.25, 0.3) is 0 Å². The van der Waals surface area contributed by atoms with Crippen LogP contribution < -0.4 is 16.4 Å². The van der Waals surface area contributed by atoms with Gasteiger partial charge in [0.1, 0.15) is 6.29 Å². The van der Waals surface area contributed by atoms with E-state index in [0.717, 1.165) is 6.29 Å². The number of carbonyl (C=O) groups excluding carboxylic acids is 2. The maximum absolute atomic E-state index is 11.5. The summed E-state index contributed by atoms with van der Waals surface area (Å²) in [6.07, 6.45) is -0.489. The van der Waals surface area contributed by atoms with Crippen LogP contribution in [0.3, 0.4) is 0 Å². The zero-order valence-electron chi connectivity index (χ0n) is 13.2. The van der Waals surface area contributed by atoms with Gasteiger partial charge in [-0.15, -0.1) is 0 Å². The van der Waals surface area contributed by atoms with E-state index < -0.39 is 30.2 Å². The van der Waals surface area contributed by atoms with Crippen LogP contribution in [0, 0.1) is 0 Å². The Bertz CT molecular complexity index is 538. The molecular weight excluding hydrogens is 342 g/mol. The van der Waals surface area contributed by atoms with Crippen LogP contribution in [0.4, 0.5) is 4.79 Å². The van der Waals surface area contributed by atoms with Gasteiger partial charge in [0.25, 0.3) is 0 Å². The van der Waals surface area contributed by atoms with Crippen LogP contribution in [0.2, 0.25) is 0 Å². The molecule has 0 aliphatic carbocycles. The number of aliphatic hydroxyl groups excluding tert-OH is 1. The first-order chi connectivity index (χ1) is 11.3. The number of nitrogens with two attached hydrogens (primary N) is 1. The first-order valence-electron chi connectivity index (χ1n) is 6.80. The molecule has 1 aromatic heterocycles. The molecule has 0 aliphatic heterocycles. The highest BCUT2D eigenvalue weighted by atomic mass is 32.1. The van der Waals surface area contributed by atoms with Gasteiger partial charge >= 0.3 is 12.0 Å². The molecule has 0 spiro atoms. The molecule has 11 nitrogen and oxygen atoms in total. The molecule has 0 aromatic carbocycles. The van der Waals surface area contributed by atoms with Gasteiger partial charge in [-0.25, -0.2) is 9.59 Å². The third-order valence-corrected chi connectivity index (χ3v) is 2.84. The zero-order chi connectivity index (χ0) is 18.7. The molecule has 0 saturated carbocycles. The van der Waals surface area contributed by atoms with Gasteiger partial charge in [-0.3, -0.25) is 0 Å². The highest BCUT2D eigenvalue weighted by molar-refractivity contribution is 7.80. The Morgan fingerprint density at radius 1 is 1.50 bits per heavy atom. The average molecular weight is 363 g/mol. The summed E-state index contributed by atoms with van der Waals surface area (Å²) < 4.78 is 4.85. The van der Waals surface area contributed by atoms with E-state index in [9.17, 15) is 14.7 Å². The number of rotatable bonds is 7. The second-order valence-corrected chi connectivity index (χ2v) is 4.82. The summed E-state index contributed by atoms with van der Waals surface area (Å²) in [4.78, 5) is 35.1. The van der Waals surface area contributed by atoms with Crippen molar-refractivity contribution in [3.8, 4) is 0 Å². The van der Waals surface area contributed by atoms with E-state index in [1.807, 2.05) is 0 Å². The molecule has 2 amide bonds. The number of aldehydes is 1. The number of carboxylic acids is 1. The van der Waals surface area contributed by atoms with E-state index in [0.29, 0.717) is 5.75 Å². The number of thiol groups is 1. The highest BCUT2D eigenvalue weighted by Gasteiger charge is 2.25. The number of nitrogens with zero attached hydrogens (tertiary/aromatic N) is 2. The van der Waals surface area contributed by atoms with Gasteiger partial charge in [0.05, 0.1) is 18.7 Å². The van der Waals surface area contributed by atoms with Gasteiger partial charge in [-0.2, -0.15) is 17.6 Å². The van der Waals surface area contributed by atoms with Crippen LogP contribution >= 0.6 is 12.6 Å². The topological polar surface area (TPSA) is 181 Å². The Balaban J connectivity index is 0.00000163. The number of hydrogen-bond acceptors (Lipinski definition) is 9. The van der Waals surface area contributed by atoms with Crippen molar-refractivity contribution < 1.29 is 29.1 Å². The number of aromatic nitrogens is 2. The van der Waals surface area contributed by atoms with Crippen molar-refractivity contribution in [1.82, 2.24) is 20.8 Å². The standard InChI is InChI=1S/C10H17N5O5S.C2H4O/c1-4(16)7(9(17)18)14-10(19)12-2-6-13-8(15-20-6)5(11)3-21;1-2-3/h4-5,7,16,21H,2-3,11H2,1H3,(H,17,18)(H2,12,14,19);2H,1H3/t4?,5-,7?;/m0./s1. The lowest BCUT2D eigenvalue weighted by Gasteiger charge is -2.16. The average Bonchev–Trinajstić information content (AvgIpc) is 2.99. The minimum absolute atomic E-state index is 0.107. The maximum Gasteiger partial charge on any atom is 0.328 e. The summed E-state index contributed by atoms with van der Waals surface area (Å²) in [5.74, 6) is -0.641. The van der Waals surface area contributed by atoms with Crippen molar-refractivity contribution in [3.63, 3.8) is 0 Å². The predicted octanol–water partition coefficient (Wildman–Crippen LogP) is -1.16. The molecule has 1 aromatic rings. The number of carboxylic acid groups (broad SMARTS) is 1. The molecule has 2 unspecified atom stereocenters. The van der Waals surface area contributed by atoms with Gasteiger partial charge in [-0.1, -0.05) is 5.16 Å². The van der Waals surface area contributed by atoms with Crippen LogP contribution in [0.15, 0.2) is 4.52 Å². The van der Waals surface area contributed by atoms with Gasteiger partial charge in [0.2, 0.25) is 5.89 Å². The quantitative estimate of drug-likeness (QED) is 0.257. The van der Waals surface area contributed by atoms with Gasteiger partial charge < -0.3 is 35.9 Å². The number of amides is 2. The summed E-state index contributed by atoms with van der Waals surface area (Å²) in [6, 6.07) is -2.69. The van der Waals surface area contributed by atoms with Crippen molar-refractivity contribution in [2.45, 2.75) is 38.6 Å². The number of carbonyl (C=O) groups is 3. The minimum atomic E-state index is -1.42. The molecule has 1 heterocycles. The summed E-state index contributed by atoms with van der Waals surface area (Å²) in [6.45, 7) is 2.59. The molecule has 0 saturated heterocycles. The first-order valence-corrected chi connectivity index (χ1v) is 7.43. The number of aliphatic hydroxyl groups is 1. The summed E-state index contributed by atoms with van der Waals surface area (Å²) >= 11 is 3.99. The van der Waals surface area contributed by atoms with Gasteiger partial charge in [-0.05, 0) is 13.8 Å². The van der Waals surface area contributed by atoms with Crippen molar-refractivity contribution in [2.24, 2.45) is 5.73 Å². The van der Waals surface area contributed by atoms with Crippen molar-refractivity contribution >= 4 is 30.9 Å². The van der Waals surface area contributed by atoms with E-state index in [2.05, 4.69) is 33.4 Å². The Kier molecular flexibility index (Phi) is 10.3. The molecular formula is C12H21N5O6S. The molecule has 12 heteroatoms. The third kappa shape index (κ3) is 7.89. The molecule has 6 N–H and O–H groups in total. The fourth-order valence-electron chi connectivity index (χ4n) is 1.31. The van der Waals surface area contributed by atoms with Crippen LogP contribution in [-0.2, 0) is 16.1 Å². The number of aliphatic carboxylic acids is 1. The lowest BCUT2D eigenvalue weighted by Crippen LogP contribution is -2.51. The molecule has 24 heavy (non-hydrogen) atoms. The molecule has 0 aliphatic rings. The Morgan fingerprint density at radius 3 is 2.54 bits per heavy atom. The van der Waals surface area contributed by atoms with E-state index >= 15 is 0 Å². The smallest absolute Gasteiger partial charge is 0.328 e. The summed E-state index contributed by atoms with van der Waals surface area (Å²) in [5.41, 5.74) is 5.64. The lowest BCUT2D eigenvalue weighted by atomic mass is 10.2. The summed E-state index contributed by atoms with van der Waals surface area (Å²) in [7, 11) is 0. The second-order valence-electron chi connectivity index (χ2n) is 4.45. The van der Waals surface area contributed by atoms with Crippen molar-refractivity contribution in [1.29, 1.82) is 0 Å². The Labute approximate surface area is 143 Å². The fraction of sp³-hybridized carbons (Fsp3) is 0.583. The third-order valence-electron chi connectivity index (χ3n) is 2.45. The predicted molar refractivity (Wildman–Crippen MR) is 85.3 cm³/mol. The monoisotopic (exact) mass is 363 g/mol. The first kappa shape index (κ1) is 21.8. The largest absolute Gasteiger partial charge is 0.480 e. The fourth-order valence-corrected chi connectivity index (χ4v) is 1.47. The summed E-state index contributed by atoms with van der Waals surface area (Å²) in [5, 5.41) is 26.1. The van der Waals surface area contributed by atoms with Crippen LogP contribution in [-0.4, -0.2) is 56.5 Å². The Hall–Kier alpha value is -2.18. The van der Waals surface area contributed by atoms with Gasteiger partial charge in [0, 0.05) is 5.75 Å². The Morgan fingerprint density at radius 2 is 2.08 bits per heavy atom. The maximum atomic E-state index is 11.5. The van der Waals surface area contributed by atoms with E-state index in [-0.39, 0.29) is 18.3 Å². The second kappa shape index (κ2) is 11.4. The van der Waals surface area contributed by atoms with E-state index in [1.54, 1.807) is 0 Å². The molecule has 0 fully saturated rings. The zero-order valence-corrected chi connectivity index (χ0v) is 14.1. The molecule has 0 radical (unpaired) electrons. The molecule has 1 rings (SSSR count). The van der Waals surface area contributed by atoms with Gasteiger partial charge in [0.15, 0.2) is 11.9 Å². The number of nitrogens with one attached hydrogen (secondary N) is 2. The molecule has 136 valence electrons. The SMILES string of the molecule is CC(O)C(NC(=O)NCc1nc([C@@H](N)CS)no1)C(=O)O.CC=O. The van der Waals surface area contributed by atoms with E-state index in [4.69, 9.17) is 20.2 Å². The van der Waals surface area contributed by atoms with Crippen molar-refractivity contribution in [2.75, 3.05) is 5.75 Å². The number of hydrogen-bond donors (Lipinski definition) is 6. The van der Waals surface area contributed by atoms with Crippen LogP contribution in [0.1, 0.15) is 31.6 Å². The van der Waals surface area contributed by atoms with Crippen molar-refractivity contribution in [3.05, 3.63) is 11.7 Å². The molecule has 3 atom stereocenters. The normalized spacial score (nSPS) is 13.7. The minimum Gasteiger partial charge on any atom is -0.480 e.